The molecule has 324 valence electrons. The smallest absolute Gasteiger partial charge is 0.180 e. The number of hydrogen-bond acceptors (Lipinski definition) is 1. The molecule has 10 aromatic rings. The summed E-state index contributed by atoms with van der Waals surface area (Å²) in [6.45, 7) is 9.50. The Morgan fingerprint density at radius 3 is 1.32 bits per heavy atom. The van der Waals surface area contributed by atoms with Crippen LogP contribution in [0.5, 0.6) is 0 Å². The number of anilines is 3. The molecule has 1 nitrogen and oxygen atoms in total. The molecule has 10 aromatic carbocycles. The van der Waals surface area contributed by atoms with Crippen molar-refractivity contribution in [1.82, 2.24) is 0 Å². The van der Waals surface area contributed by atoms with Gasteiger partial charge >= 0.3 is 0 Å². The molecule has 0 radical (unpaired) electrons. The van der Waals surface area contributed by atoms with Crippen LogP contribution in [-0.2, 0) is 10.8 Å². The van der Waals surface area contributed by atoms with Crippen molar-refractivity contribution in [1.29, 1.82) is 0 Å². The number of nitrogens with zero attached hydrogens (tertiary/aromatic N) is 1. The van der Waals surface area contributed by atoms with Crippen LogP contribution < -0.4 is 25.6 Å². The van der Waals surface area contributed by atoms with E-state index in [-0.39, 0.29) is 10.8 Å². The lowest BCUT2D eigenvalue weighted by molar-refractivity contribution is 0.660. The Balaban J connectivity index is 0.959. The second-order valence-corrected chi connectivity index (χ2v) is 23.8. The van der Waals surface area contributed by atoms with Gasteiger partial charge in [-0.2, -0.15) is 0 Å². The first-order valence-electron chi connectivity index (χ1n) is 24.1. The Kier molecular flexibility index (Phi) is 9.00. The van der Waals surface area contributed by atoms with Gasteiger partial charge in [0.05, 0.1) is 0 Å². The lowest BCUT2D eigenvalue weighted by Gasteiger charge is -2.31. The quantitative estimate of drug-likeness (QED) is 0.144. The van der Waals surface area contributed by atoms with Gasteiger partial charge in [-0.1, -0.05) is 222 Å². The monoisotopic (exact) mass is 885 g/mol. The molecule has 68 heavy (non-hydrogen) atoms. The number of benzene rings is 10. The Morgan fingerprint density at radius 2 is 0.721 bits per heavy atom. The van der Waals surface area contributed by atoms with Crippen LogP contribution in [0.3, 0.4) is 0 Å². The molecular weight excluding hydrogens is 835 g/mol. The molecule has 0 amide bonds. The summed E-state index contributed by atoms with van der Waals surface area (Å²) in [5.74, 6) is 0. The predicted molar refractivity (Wildman–Crippen MR) is 290 cm³/mol. The van der Waals surface area contributed by atoms with E-state index < -0.39 is 8.07 Å². The number of fused-ring (bicyclic) bond motifs is 9. The van der Waals surface area contributed by atoms with Crippen molar-refractivity contribution in [2.24, 2.45) is 0 Å². The van der Waals surface area contributed by atoms with Crippen LogP contribution in [-0.4, -0.2) is 8.07 Å². The molecule has 0 fully saturated rings. The highest BCUT2D eigenvalue weighted by Crippen LogP contribution is 2.53. The molecule has 0 spiro atoms. The molecule has 0 unspecified atom stereocenters. The highest BCUT2D eigenvalue weighted by molar-refractivity contribution is 7.22. The van der Waals surface area contributed by atoms with E-state index >= 15 is 0 Å². The third-order valence-electron chi connectivity index (χ3n) is 15.7. The summed E-state index contributed by atoms with van der Waals surface area (Å²) >= 11 is 0. The van der Waals surface area contributed by atoms with Crippen molar-refractivity contribution < 1.29 is 0 Å². The van der Waals surface area contributed by atoms with Gasteiger partial charge in [0.2, 0.25) is 0 Å². The van der Waals surface area contributed by atoms with Gasteiger partial charge in [0.1, 0.15) is 0 Å². The van der Waals surface area contributed by atoms with E-state index in [4.69, 9.17) is 0 Å². The molecule has 3 aliphatic rings. The van der Waals surface area contributed by atoms with E-state index in [9.17, 15) is 0 Å². The van der Waals surface area contributed by atoms with E-state index in [0.29, 0.717) is 0 Å². The summed E-state index contributed by atoms with van der Waals surface area (Å²) < 4.78 is 0. The lowest BCUT2D eigenvalue weighted by atomic mass is 9.82. The molecule has 2 aliphatic carbocycles. The second kappa shape index (κ2) is 15.1. The predicted octanol–water partition coefficient (Wildman–Crippen LogP) is 14.5. The standard InChI is InChI=1S/C66H51NSi/c1-65(2)58-32-14-11-28-53(58)55-38-36-48(42-60(55)65)67(49-37-39-56-54-29-12-15-33-59(54)66(3,4)61(56)43-49)47-23-18-21-45(41-47)44-20-17-22-46(40-44)52-31-19-35-63-64(52)57-30-13-16-34-62(57)68(63,50-24-7-5-8-25-50)51-26-9-6-10-27-51/h5-43H,1-4H3. The summed E-state index contributed by atoms with van der Waals surface area (Å²) in [5.41, 5.74) is 21.6. The topological polar surface area (TPSA) is 3.24 Å². The average molecular weight is 886 g/mol. The van der Waals surface area contributed by atoms with Gasteiger partial charge in [-0.05, 0) is 141 Å². The SMILES string of the molecule is CC1(C)c2ccccc2-c2ccc(N(c3cccc(-c4cccc(-c5cccc6c5-c5ccccc5[Si]6(c5ccccc5)c5ccccc5)c4)c3)c3ccc4c(c3)C(C)(C)c3ccccc3-4)cc21. The molecule has 0 atom stereocenters. The molecule has 13 rings (SSSR count). The van der Waals surface area contributed by atoms with Crippen molar-refractivity contribution in [3.63, 3.8) is 0 Å². The summed E-state index contributed by atoms with van der Waals surface area (Å²) in [6.07, 6.45) is 0. The highest BCUT2D eigenvalue weighted by atomic mass is 28.3. The van der Waals surface area contributed by atoms with Crippen molar-refractivity contribution in [3.05, 3.63) is 259 Å². The molecule has 0 saturated carbocycles. The Morgan fingerprint density at radius 1 is 0.294 bits per heavy atom. The van der Waals surface area contributed by atoms with E-state index in [1.165, 1.54) is 98.6 Å². The van der Waals surface area contributed by atoms with E-state index in [0.717, 1.165) is 17.1 Å². The summed E-state index contributed by atoms with van der Waals surface area (Å²) in [6, 6.07) is 89.5. The van der Waals surface area contributed by atoms with Crippen LogP contribution in [0.15, 0.2) is 237 Å². The zero-order chi connectivity index (χ0) is 45.8. The van der Waals surface area contributed by atoms with Gasteiger partial charge < -0.3 is 4.90 Å². The zero-order valence-electron chi connectivity index (χ0n) is 39.0. The molecule has 1 aliphatic heterocycles. The summed E-state index contributed by atoms with van der Waals surface area (Å²) in [7, 11) is -2.63. The minimum atomic E-state index is -2.63. The summed E-state index contributed by atoms with van der Waals surface area (Å²) in [5, 5.41) is 5.74. The van der Waals surface area contributed by atoms with E-state index in [1.54, 1.807) is 0 Å². The van der Waals surface area contributed by atoms with Gasteiger partial charge in [-0.3, -0.25) is 0 Å². The maximum atomic E-state index is 2.49. The van der Waals surface area contributed by atoms with Crippen LogP contribution in [0.1, 0.15) is 49.9 Å². The first kappa shape index (κ1) is 40.5. The van der Waals surface area contributed by atoms with Gasteiger partial charge in [-0.15, -0.1) is 0 Å². The third-order valence-corrected chi connectivity index (χ3v) is 20.6. The fourth-order valence-corrected chi connectivity index (χ4v) is 17.7. The number of rotatable bonds is 7. The normalized spacial score (nSPS) is 14.8. The summed E-state index contributed by atoms with van der Waals surface area (Å²) in [4.78, 5) is 2.49. The molecule has 0 saturated heterocycles. The molecule has 1 heterocycles. The van der Waals surface area contributed by atoms with E-state index in [2.05, 4.69) is 269 Å². The molecule has 0 N–H and O–H groups in total. The highest BCUT2D eigenvalue weighted by Gasteiger charge is 2.49. The van der Waals surface area contributed by atoms with Crippen molar-refractivity contribution in [3.8, 4) is 55.6 Å². The van der Waals surface area contributed by atoms with Crippen LogP contribution in [0.4, 0.5) is 17.1 Å². The van der Waals surface area contributed by atoms with Gasteiger partial charge in [0, 0.05) is 27.9 Å². The third kappa shape index (κ3) is 5.80. The zero-order valence-corrected chi connectivity index (χ0v) is 40.0. The molecule has 0 bridgehead atoms. The minimum Gasteiger partial charge on any atom is -0.310 e. The van der Waals surface area contributed by atoms with Gasteiger partial charge in [0.15, 0.2) is 8.07 Å². The lowest BCUT2D eigenvalue weighted by Crippen LogP contribution is -2.72. The van der Waals surface area contributed by atoms with Crippen LogP contribution in [0.25, 0.3) is 55.6 Å². The molecule has 0 aromatic heterocycles. The average Bonchev–Trinajstić information content (AvgIpc) is 3.92. The van der Waals surface area contributed by atoms with Crippen molar-refractivity contribution >= 4 is 45.9 Å². The fraction of sp³-hybridized carbons (Fsp3) is 0.0909. The first-order valence-corrected chi connectivity index (χ1v) is 26.1. The largest absolute Gasteiger partial charge is 0.310 e. The van der Waals surface area contributed by atoms with Crippen molar-refractivity contribution in [2.75, 3.05) is 4.90 Å². The molecule has 2 heteroatoms. The fourth-order valence-electron chi connectivity index (χ4n) is 12.5. The Hall–Kier alpha value is -7.78. The van der Waals surface area contributed by atoms with Crippen molar-refractivity contribution in [2.45, 2.75) is 38.5 Å². The van der Waals surface area contributed by atoms with E-state index in [1.807, 2.05) is 0 Å². The Bertz CT molecular complexity index is 3490. The van der Waals surface area contributed by atoms with Gasteiger partial charge in [-0.25, -0.2) is 0 Å². The van der Waals surface area contributed by atoms with Crippen LogP contribution in [0.2, 0.25) is 0 Å². The first-order chi connectivity index (χ1) is 33.2. The Labute approximate surface area is 401 Å². The number of hydrogen-bond donors (Lipinski definition) is 0. The van der Waals surface area contributed by atoms with Crippen LogP contribution in [0, 0.1) is 0 Å². The van der Waals surface area contributed by atoms with Gasteiger partial charge in [0.25, 0.3) is 0 Å². The second-order valence-electron chi connectivity index (χ2n) is 20.0. The molecular formula is C66H51NSi. The van der Waals surface area contributed by atoms with Crippen LogP contribution >= 0.6 is 0 Å². The maximum Gasteiger partial charge on any atom is 0.180 e. The maximum absolute atomic E-state index is 2.63. The minimum absolute atomic E-state index is 0.125.